The van der Waals surface area contributed by atoms with Crippen LogP contribution in [-0.4, -0.2) is 60.5 Å². The lowest BCUT2D eigenvalue weighted by Gasteiger charge is -2.34. The van der Waals surface area contributed by atoms with Crippen molar-refractivity contribution in [3.8, 4) is 5.75 Å². The average Bonchev–Trinajstić information content (AvgIpc) is 3.60. The molecule has 0 bridgehead atoms. The molecule has 2 aliphatic rings. The summed E-state index contributed by atoms with van der Waals surface area (Å²) in [5, 5.41) is 13.2. The number of hydrogen-bond acceptors (Lipinski definition) is 6. The molecule has 0 unspecified atom stereocenters. The third-order valence-corrected chi connectivity index (χ3v) is 6.81. The number of amides is 2. The summed E-state index contributed by atoms with van der Waals surface area (Å²) in [6, 6.07) is 1.40. The quantitative estimate of drug-likeness (QED) is 0.426. The minimum atomic E-state index is -0.537. The van der Waals surface area contributed by atoms with E-state index in [0.29, 0.717) is 61.5 Å². The highest BCUT2D eigenvalue weighted by Gasteiger charge is 2.31. The first kappa shape index (κ1) is 23.1. The van der Waals surface area contributed by atoms with Gasteiger partial charge >= 0.3 is 0 Å². The predicted molar refractivity (Wildman–Crippen MR) is 130 cm³/mol. The molecule has 184 valence electrons. The average molecular weight is 479 g/mol. The molecule has 0 spiro atoms. The predicted octanol–water partition coefficient (Wildman–Crippen LogP) is 2.32. The van der Waals surface area contributed by atoms with E-state index in [1.807, 2.05) is 13.8 Å². The zero-order chi connectivity index (χ0) is 24.7. The second-order valence-electron chi connectivity index (χ2n) is 9.62. The summed E-state index contributed by atoms with van der Waals surface area (Å²) in [7, 11) is 0. The molecule has 10 heteroatoms. The third kappa shape index (κ3) is 4.40. The Hall–Kier alpha value is -3.69. The second kappa shape index (κ2) is 9.16. The van der Waals surface area contributed by atoms with E-state index < -0.39 is 11.2 Å². The van der Waals surface area contributed by atoms with Crippen molar-refractivity contribution >= 4 is 23.0 Å². The van der Waals surface area contributed by atoms with Crippen LogP contribution in [0.3, 0.4) is 0 Å². The highest BCUT2D eigenvalue weighted by molar-refractivity contribution is 6.04. The zero-order valence-corrected chi connectivity index (χ0v) is 20.0. The molecule has 35 heavy (non-hydrogen) atoms. The Kier molecular flexibility index (Phi) is 6.04. The van der Waals surface area contributed by atoms with Crippen molar-refractivity contribution in [3.05, 3.63) is 51.3 Å². The number of rotatable bonds is 8. The summed E-state index contributed by atoms with van der Waals surface area (Å²) in [6.07, 6.45) is 7.63. The molecule has 2 amide bonds. The molecule has 3 aromatic rings. The van der Waals surface area contributed by atoms with Gasteiger partial charge in [-0.3, -0.25) is 14.4 Å². The third-order valence-electron chi connectivity index (χ3n) is 6.81. The van der Waals surface area contributed by atoms with Crippen LogP contribution in [0, 0.1) is 0 Å². The standard InChI is InChI=1S/C25H30N6O4/c1-14(2)30-9-10-31-16(11-19(32)22(33)21(31)25(30)35)5-3-4-8-26-24(34)17-12-27-23-20(17)29-18(13-28-23)15-6-7-15/h11-15,33H,3-10H2,1-2H3,(H,26,34)(H,27,28). The molecule has 3 N–H and O–H groups in total. The summed E-state index contributed by atoms with van der Waals surface area (Å²) in [4.78, 5) is 51.6. The van der Waals surface area contributed by atoms with Crippen LogP contribution in [0.5, 0.6) is 5.75 Å². The van der Waals surface area contributed by atoms with Crippen molar-refractivity contribution in [3.63, 3.8) is 0 Å². The highest BCUT2D eigenvalue weighted by atomic mass is 16.3. The molecule has 0 saturated heterocycles. The minimum absolute atomic E-state index is 0.0126. The van der Waals surface area contributed by atoms with Crippen molar-refractivity contribution in [2.45, 2.75) is 64.5 Å². The second-order valence-corrected chi connectivity index (χ2v) is 9.62. The van der Waals surface area contributed by atoms with E-state index in [2.05, 4.69) is 20.3 Å². The summed E-state index contributed by atoms with van der Waals surface area (Å²) < 4.78 is 1.76. The number of aryl methyl sites for hydroxylation is 1. The Bertz CT molecular complexity index is 1350. The van der Waals surface area contributed by atoms with Crippen LogP contribution in [0.15, 0.2) is 23.3 Å². The van der Waals surface area contributed by atoms with Gasteiger partial charge in [-0.05, 0) is 46.0 Å². The Labute approximate surface area is 202 Å². The number of aromatic hydroxyl groups is 1. The smallest absolute Gasteiger partial charge is 0.274 e. The summed E-state index contributed by atoms with van der Waals surface area (Å²) in [5.74, 6) is -0.541. The van der Waals surface area contributed by atoms with E-state index in [0.717, 1.165) is 24.2 Å². The van der Waals surface area contributed by atoms with Crippen molar-refractivity contribution < 1.29 is 14.7 Å². The van der Waals surface area contributed by atoms with Crippen molar-refractivity contribution in [1.82, 2.24) is 29.7 Å². The molecule has 5 rings (SSSR count). The van der Waals surface area contributed by atoms with Gasteiger partial charge in [0.1, 0.15) is 5.52 Å². The molecule has 1 saturated carbocycles. The maximum absolute atomic E-state index is 12.8. The molecule has 1 fully saturated rings. The molecule has 3 aromatic heterocycles. The summed E-state index contributed by atoms with van der Waals surface area (Å²) in [5.41, 5.74) is 2.90. The molecule has 1 aliphatic heterocycles. The molecule has 1 aliphatic carbocycles. The van der Waals surface area contributed by atoms with Gasteiger partial charge in [-0.25, -0.2) is 9.97 Å². The molecule has 0 aromatic carbocycles. The van der Waals surface area contributed by atoms with Crippen LogP contribution in [-0.2, 0) is 13.0 Å². The highest BCUT2D eigenvalue weighted by Crippen LogP contribution is 2.39. The number of pyridine rings is 1. The lowest BCUT2D eigenvalue weighted by Crippen LogP contribution is -2.45. The van der Waals surface area contributed by atoms with Crippen LogP contribution in [0.2, 0.25) is 0 Å². The number of aromatic nitrogens is 4. The van der Waals surface area contributed by atoms with Crippen molar-refractivity contribution in [2.75, 3.05) is 13.1 Å². The maximum Gasteiger partial charge on any atom is 0.274 e. The Morgan fingerprint density at radius 1 is 1.26 bits per heavy atom. The van der Waals surface area contributed by atoms with Gasteiger partial charge in [-0.15, -0.1) is 0 Å². The van der Waals surface area contributed by atoms with Gasteiger partial charge in [0.15, 0.2) is 17.1 Å². The number of hydrogen-bond donors (Lipinski definition) is 3. The lowest BCUT2D eigenvalue weighted by atomic mass is 10.1. The largest absolute Gasteiger partial charge is 0.503 e. The normalized spacial score (nSPS) is 15.6. The Morgan fingerprint density at radius 2 is 2.06 bits per heavy atom. The molecule has 4 heterocycles. The van der Waals surface area contributed by atoms with Crippen LogP contribution in [0.1, 0.15) is 77.7 Å². The number of fused-ring (bicyclic) bond motifs is 2. The fourth-order valence-corrected chi connectivity index (χ4v) is 4.69. The van der Waals surface area contributed by atoms with Gasteiger partial charge in [0.05, 0.1) is 17.5 Å². The van der Waals surface area contributed by atoms with Crippen LogP contribution in [0.25, 0.3) is 11.2 Å². The van der Waals surface area contributed by atoms with Gasteiger partial charge < -0.3 is 24.9 Å². The molecule has 10 nitrogen and oxygen atoms in total. The number of carbonyl (C=O) groups is 2. The van der Waals surface area contributed by atoms with Gasteiger partial charge in [-0.2, -0.15) is 0 Å². The van der Waals surface area contributed by atoms with Crippen LogP contribution >= 0.6 is 0 Å². The fourth-order valence-electron chi connectivity index (χ4n) is 4.69. The summed E-state index contributed by atoms with van der Waals surface area (Å²) in [6.45, 7) is 5.36. The fraction of sp³-hybridized carbons (Fsp3) is 0.480. The lowest BCUT2D eigenvalue weighted by molar-refractivity contribution is 0.0639. The Morgan fingerprint density at radius 3 is 2.80 bits per heavy atom. The first-order valence-electron chi connectivity index (χ1n) is 12.2. The number of carbonyl (C=O) groups excluding carboxylic acids is 2. The first-order chi connectivity index (χ1) is 16.8. The summed E-state index contributed by atoms with van der Waals surface area (Å²) >= 11 is 0. The van der Waals surface area contributed by atoms with E-state index in [1.165, 1.54) is 6.07 Å². The van der Waals surface area contributed by atoms with Crippen LogP contribution in [0.4, 0.5) is 0 Å². The number of nitrogens with zero attached hydrogens (tertiary/aromatic N) is 4. The number of nitrogens with one attached hydrogen (secondary N) is 2. The number of aromatic amines is 1. The number of H-pyrrole nitrogens is 1. The van der Waals surface area contributed by atoms with E-state index in [-0.39, 0.29) is 23.6 Å². The minimum Gasteiger partial charge on any atom is -0.503 e. The van der Waals surface area contributed by atoms with Gasteiger partial charge in [0.25, 0.3) is 11.8 Å². The van der Waals surface area contributed by atoms with Gasteiger partial charge in [0.2, 0.25) is 5.43 Å². The maximum atomic E-state index is 12.8. The van der Waals surface area contributed by atoms with E-state index >= 15 is 0 Å². The monoisotopic (exact) mass is 478 g/mol. The van der Waals surface area contributed by atoms with Crippen molar-refractivity contribution in [1.29, 1.82) is 0 Å². The van der Waals surface area contributed by atoms with Gasteiger partial charge in [0, 0.05) is 49.6 Å². The SMILES string of the molecule is CC(C)N1CCn2c(CCCCNC(=O)c3c[nH]c4ncc(C5CC5)nc34)cc(=O)c(O)c2C1=O. The Balaban J connectivity index is 1.20. The van der Waals surface area contributed by atoms with Crippen LogP contribution < -0.4 is 10.7 Å². The molecular weight excluding hydrogens is 448 g/mol. The first-order valence-corrected chi connectivity index (χ1v) is 12.2. The van der Waals surface area contributed by atoms with E-state index in [9.17, 15) is 19.5 Å². The zero-order valence-electron chi connectivity index (χ0n) is 20.0. The molecule has 0 radical (unpaired) electrons. The van der Waals surface area contributed by atoms with Gasteiger partial charge in [-0.1, -0.05) is 0 Å². The van der Waals surface area contributed by atoms with Crippen molar-refractivity contribution in [2.24, 2.45) is 0 Å². The van der Waals surface area contributed by atoms with E-state index in [4.69, 9.17) is 0 Å². The molecule has 0 atom stereocenters. The number of unbranched alkanes of at least 4 members (excludes halogenated alkanes) is 1. The topological polar surface area (TPSA) is 133 Å². The molecular formula is C25H30N6O4. The van der Waals surface area contributed by atoms with E-state index in [1.54, 1.807) is 21.9 Å².